The SMILES string of the molecule is O=C(/C=C/N1C2C(=O)c3ccccc3C1[C@@H]1C(=O)N(c3ccccc3)C(=O)[C@@H]21)c1ccc(Cl)cc1.O=C(/C=C/N1C2C(=O)c3ccccc3C1[C@@H]1C(=O)N(c3ccccc3)C(=O)[C@H]21)c1ccc(Cl)cc1. The van der Waals surface area contributed by atoms with Crippen LogP contribution in [0.1, 0.15) is 64.6 Å². The number of ketones is 4. The Balaban J connectivity index is 0.000000152. The van der Waals surface area contributed by atoms with Gasteiger partial charge in [0.25, 0.3) is 0 Å². The molecular weight excluding hydrogens is 928 g/mol. The van der Waals surface area contributed by atoms with Crippen molar-refractivity contribution in [3.05, 3.63) is 226 Å². The molecule has 0 aliphatic carbocycles. The molecule has 4 bridgehead atoms. The fourth-order valence-corrected chi connectivity index (χ4v) is 11.4. The van der Waals surface area contributed by atoms with Crippen LogP contribution >= 0.6 is 23.2 Å². The number of nitrogens with zero attached hydrogens (tertiary/aromatic N) is 4. The second-order valence-electron chi connectivity index (χ2n) is 17.7. The number of imide groups is 2. The number of Topliss-reactive ketones (excluding diaryl/α,β-unsaturated/α-hetero) is 2. The Morgan fingerprint density at radius 1 is 0.386 bits per heavy atom. The number of rotatable bonds is 8. The topological polar surface area (TPSA) is 150 Å². The van der Waals surface area contributed by atoms with E-state index in [9.17, 15) is 38.4 Å². The van der Waals surface area contributed by atoms with E-state index in [1.807, 2.05) is 36.4 Å². The highest BCUT2D eigenvalue weighted by molar-refractivity contribution is 6.31. The first kappa shape index (κ1) is 44.4. The molecular formula is C56H38Cl2N4O8. The summed E-state index contributed by atoms with van der Waals surface area (Å²) in [5, 5.41) is 1.05. The summed E-state index contributed by atoms with van der Waals surface area (Å²) in [6, 6.07) is 42.1. The molecule has 4 unspecified atom stereocenters. The smallest absolute Gasteiger partial charge is 0.240 e. The van der Waals surface area contributed by atoms with Gasteiger partial charge in [-0.3, -0.25) is 38.4 Å². The van der Waals surface area contributed by atoms with Crippen LogP contribution in [0.2, 0.25) is 10.0 Å². The molecule has 8 atom stereocenters. The maximum atomic E-state index is 13.7. The quantitative estimate of drug-likeness (QED) is 0.0823. The second-order valence-corrected chi connectivity index (χ2v) is 18.6. The summed E-state index contributed by atoms with van der Waals surface area (Å²) in [7, 11) is 0. The summed E-state index contributed by atoms with van der Waals surface area (Å²) in [6.45, 7) is 0. The van der Waals surface area contributed by atoms with Crippen LogP contribution in [0, 0.1) is 23.7 Å². The van der Waals surface area contributed by atoms with Crippen LogP contribution in [0.3, 0.4) is 0 Å². The highest BCUT2D eigenvalue weighted by atomic mass is 35.5. The average Bonchev–Trinajstić information content (AvgIpc) is 4.02. The molecule has 0 aromatic heterocycles. The summed E-state index contributed by atoms with van der Waals surface area (Å²) in [5.74, 6) is -5.51. The molecule has 4 amide bonds. The van der Waals surface area contributed by atoms with Crippen molar-refractivity contribution in [3.8, 4) is 0 Å². The molecule has 12 nitrogen and oxygen atoms in total. The molecule has 0 saturated carbocycles. The van der Waals surface area contributed by atoms with E-state index in [0.29, 0.717) is 54.8 Å². The number of para-hydroxylation sites is 2. The lowest BCUT2D eigenvalue weighted by molar-refractivity contribution is -0.125. The Bertz CT molecular complexity index is 3050. The fourth-order valence-electron chi connectivity index (χ4n) is 11.2. The lowest BCUT2D eigenvalue weighted by atomic mass is 9.89. The predicted molar refractivity (Wildman–Crippen MR) is 260 cm³/mol. The van der Waals surface area contributed by atoms with Gasteiger partial charge >= 0.3 is 0 Å². The molecule has 70 heavy (non-hydrogen) atoms. The van der Waals surface area contributed by atoms with Gasteiger partial charge in [0.1, 0.15) is 12.1 Å². The van der Waals surface area contributed by atoms with Crippen LogP contribution in [-0.2, 0) is 19.2 Å². The number of fused-ring (bicyclic) bond motifs is 14. The minimum absolute atomic E-state index is 0.219. The van der Waals surface area contributed by atoms with Crippen molar-refractivity contribution in [1.29, 1.82) is 0 Å². The van der Waals surface area contributed by atoms with E-state index in [1.165, 1.54) is 22.0 Å². The molecule has 0 radical (unpaired) electrons. The molecule has 6 heterocycles. The summed E-state index contributed by atoms with van der Waals surface area (Å²) in [5.41, 5.74) is 4.33. The average molecular weight is 966 g/mol. The minimum Gasteiger partial charge on any atom is -0.358 e. The van der Waals surface area contributed by atoms with E-state index < -0.39 is 47.8 Å². The Kier molecular flexibility index (Phi) is 11.1. The van der Waals surface area contributed by atoms with Crippen molar-refractivity contribution < 1.29 is 38.4 Å². The van der Waals surface area contributed by atoms with Gasteiger partial charge in [0.2, 0.25) is 23.6 Å². The summed E-state index contributed by atoms with van der Waals surface area (Å²) >= 11 is 11.8. The molecule has 6 aliphatic rings. The van der Waals surface area contributed by atoms with Gasteiger partial charge in [-0.05, 0) is 83.9 Å². The second kappa shape index (κ2) is 17.5. The van der Waals surface area contributed by atoms with Crippen molar-refractivity contribution in [2.75, 3.05) is 9.80 Å². The number of carbonyl (C=O) groups is 8. The van der Waals surface area contributed by atoms with Crippen LogP contribution < -0.4 is 9.80 Å². The molecule has 0 spiro atoms. The predicted octanol–water partition coefficient (Wildman–Crippen LogP) is 8.93. The lowest BCUT2D eigenvalue weighted by Crippen LogP contribution is -2.46. The van der Waals surface area contributed by atoms with E-state index in [1.54, 1.807) is 144 Å². The van der Waals surface area contributed by atoms with Gasteiger partial charge in [0.15, 0.2) is 23.1 Å². The molecule has 14 heteroatoms. The summed E-state index contributed by atoms with van der Waals surface area (Å²) < 4.78 is 0. The molecule has 6 aromatic rings. The number of benzene rings is 6. The maximum absolute atomic E-state index is 13.7. The number of hydrogen-bond acceptors (Lipinski definition) is 10. The number of amides is 4. The molecule has 4 fully saturated rings. The zero-order chi connectivity index (χ0) is 48.5. The molecule has 4 saturated heterocycles. The Morgan fingerprint density at radius 3 is 1.06 bits per heavy atom. The highest BCUT2D eigenvalue weighted by Crippen LogP contribution is 2.56. The highest BCUT2D eigenvalue weighted by Gasteiger charge is 2.67. The van der Waals surface area contributed by atoms with Crippen molar-refractivity contribution in [2.24, 2.45) is 23.7 Å². The first-order chi connectivity index (χ1) is 33.9. The third kappa shape index (κ3) is 7.04. The van der Waals surface area contributed by atoms with E-state index in [0.717, 1.165) is 0 Å². The summed E-state index contributed by atoms with van der Waals surface area (Å²) in [6.07, 6.45) is 5.89. The van der Waals surface area contributed by atoms with Crippen LogP contribution in [0.25, 0.3) is 0 Å². The molecule has 0 N–H and O–H groups in total. The zero-order valence-electron chi connectivity index (χ0n) is 36.8. The Morgan fingerprint density at radius 2 is 0.700 bits per heavy atom. The van der Waals surface area contributed by atoms with Crippen molar-refractivity contribution in [2.45, 2.75) is 24.2 Å². The fraction of sp³-hybridized carbons (Fsp3) is 0.143. The molecule has 6 aliphatic heterocycles. The first-order valence-electron chi connectivity index (χ1n) is 22.6. The van der Waals surface area contributed by atoms with E-state index in [2.05, 4.69) is 0 Å². The van der Waals surface area contributed by atoms with Crippen LogP contribution in [0.5, 0.6) is 0 Å². The summed E-state index contributed by atoms with van der Waals surface area (Å²) in [4.78, 5) is 113. The minimum atomic E-state index is -0.862. The number of hydrogen-bond donors (Lipinski definition) is 0. The van der Waals surface area contributed by atoms with Gasteiger partial charge in [-0.1, -0.05) is 108 Å². The number of halogens is 2. The Labute approximate surface area is 411 Å². The largest absolute Gasteiger partial charge is 0.358 e. The van der Waals surface area contributed by atoms with Gasteiger partial charge in [-0.15, -0.1) is 0 Å². The van der Waals surface area contributed by atoms with E-state index in [-0.39, 0.29) is 46.8 Å². The van der Waals surface area contributed by atoms with Gasteiger partial charge < -0.3 is 9.80 Å². The molecule has 344 valence electrons. The first-order valence-corrected chi connectivity index (χ1v) is 23.3. The molecule has 12 rings (SSSR count). The zero-order valence-corrected chi connectivity index (χ0v) is 38.3. The lowest BCUT2D eigenvalue weighted by Gasteiger charge is -2.37. The van der Waals surface area contributed by atoms with Crippen molar-refractivity contribution in [1.82, 2.24) is 9.80 Å². The van der Waals surface area contributed by atoms with Gasteiger partial charge in [0.05, 0.1) is 47.1 Å². The number of carbonyl (C=O) groups excluding carboxylic acids is 8. The third-order valence-electron chi connectivity index (χ3n) is 14.2. The van der Waals surface area contributed by atoms with E-state index in [4.69, 9.17) is 23.2 Å². The monoisotopic (exact) mass is 964 g/mol. The van der Waals surface area contributed by atoms with Crippen LogP contribution in [-0.4, -0.2) is 68.6 Å². The van der Waals surface area contributed by atoms with Gasteiger partial charge in [-0.2, -0.15) is 0 Å². The van der Waals surface area contributed by atoms with Gasteiger partial charge in [-0.25, -0.2) is 9.80 Å². The number of anilines is 2. The Hall–Kier alpha value is -8.06. The van der Waals surface area contributed by atoms with Gasteiger partial charge in [0, 0.05) is 56.9 Å². The normalized spacial score (nSPS) is 24.8. The standard InChI is InChI=1S/2C28H19ClN2O4/c2*29-17-12-10-16(11-13-17)21(32)14-15-30-24-19-8-4-5-9-20(19)26(33)25(30)23-22(24)27(34)31(28(23)35)18-6-2-1-3-7-18/h2*1-15,22-25H/b2*15-14+/t22-,23+,24?,25?;22-,23-,24?,25?/m11/s1. The molecule has 6 aromatic carbocycles. The van der Waals surface area contributed by atoms with Crippen molar-refractivity contribution in [3.63, 3.8) is 0 Å². The van der Waals surface area contributed by atoms with E-state index >= 15 is 0 Å². The number of allylic oxidation sites excluding steroid dienone is 2. The third-order valence-corrected chi connectivity index (χ3v) is 14.7. The maximum Gasteiger partial charge on any atom is 0.240 e. The van der Waals surface area contributed by atoms with Crippen LogP contribution in [0.4, 0.5) is 11.4 Å². The van der Waals surface area contributed by atoms with Crippen LogP contribution in [0.15, 0.2) is 182 Å². The van der Waals surface area contributed by atoms with Crippen molar-refractivity contribution >= 4 is 81.3 Å².